The molecule has 0 aliphatic heterocycles. The summed E-state index contributed by atoms with van der Waals surface area (Å²) in [6.45, 7) is 7.57. The standard InChI is InChI=1S/C19H30N2O3/c1-5-21-14(3)17(13(2)18(21)19(23)24-4)16(22)12-20-11-15-9-7-6-8-10-15/h15,20H,5-12H2,1-4H3. The van der Waals surface area contributed by atoms with E-state index in [2.05, 4.69) is 5.32 Å². The summed E-state index contributed by atoms with van der Waals surface area (Å²) < 4.78 is 6.75. The van der Waals surface area contributed by atoms with Crippen LogP contribution in [0.25, 0.3) is 0 Å². The Hall–Kier alpha value is -1.62. The number of Topliss-reactive ketones (excluding diaryl/α,β-unsaturated/α-hetero) is 1. The van der Waals surface area contributed by atoms with Gasteiger partial charge in [-0.2, -0.15) is 0 Å². The summed E-state index contributed by atoms with van der Waals surface area (Å²) in [6.07, 6.45) is 6.48. The summed E-state index contributed by atoms with van der Waals surface area (Å²) >= 11 is 0. The molecule has 0 saturated heterocycles. The highest BCUT2D eigenvalue weighted by atomic mass is 16.5. The summed E-state index contributed by atoms with van der Waals surface area (Å²) in [6, 6.07) is 0. The van der Waals surface area contributed by atoms with Crippen LogP contribution in [0.1, 0.15) is 71.1 Å². The first-order valence-corrected chi connectivity index (χ1v) is 9.03. The van der Waals surface area contributed by atoms with Crippen molar-refractivity contribution in [2.75, 3.05) is 20.2 Å². The number of hydrogen-bond donors (Lipinski definition) is 1. The molecule has 0 amide bonds. The number of nitrogens with zero attached hydrogens (tertiary/aromatic N) is 1. The summed E-state index contributed by atoms with van der Waals surface area (Å²) in [4.78, 5) is 24.7. The van der Waals surface area contributed by atoms with Crippen molar-refractivity contribution in [3.63, 3.8) is 0 Å². The van der Waals surface area contributed by atoms with Crippen molar-refractivity contribution < 1.29 is 14.3 Å². The quantitative estimate of drug-likeness (QED) is 0.614. The number of nitrogens with one attached hydrogen (secondary N) is 1. The summed E-state index contributed by atoms with van der Waals surface area (Å²) in [7, 11) is 1.37. The molecule has 1 aromatic rings. The Morgan fingerprint density at radius 1 is 1.21 bits per heavy atom. The molecule has 0 aromatic carbocycles. The van der Waals surface area contributed by atoms with Crippen LogP contribution in [0.2, 0.25) is 0 Å². The number of esters is 1. The summed E-state index contributed by atoms with van der Waals surface area (Å²) in [5, 5.41) is 3.32. The summed E-state index contributed by atoms with van der Waals surface area (Å²) in [5.74, 6) is 0.365. The molecular weight excluding hydrogens is 304 g/mol. The highest BCUT2D eigenvalue weighted by Gasteiger charge is 2.26. The fourth-order valence-electron chi connectivity index (χ4n) is 3.93. The first-order chi connectivity index (χ1) is 11.5. The Bertz CT molecular complexity index is 598. The van der Waals surface area contributed by atoms with E-state index in [1.54, 1.807) is 0 Å². The third-order valence-corrected chi connectivity index (χ3v) is 5.18. The molecule has 1 saturated carbocycles. The highest BCUT2D eigenvalue weighted by molar-refractivity contribution is 6.03. The average Bonchev–Trinajstić information content (AvgIpc) is 2.85. The number of hydrogen-bond acceptors (Lipinski definition) is 4. The Labute approximate surface area is 144 Å². The fraction of sp³-hybridized carbons (Fsp3) is 0.684. The third kappa shape index (κ3) is 3.89. The second kappa shape index (κ2) is 8.47. The molecule has 1 aliphatic carbocycles. The lowest BCUT2D eigenvalue weighted by molar-refractivity contribution is 0.0587. The van der Waals surface area contributed by atoms with Gasteiger partial charge in [0.2, 0.25) is 0 Å². The third-order valence-electron chi connectivity index (χ3n) is 5.18. The maximum absolute atomic E-state index is 12.7. The summed E-state index contributed by atoms with van der Waals surface area (Å²) in [5.41, 5.74) is 2.73. The van der Waals surface area contributed by atoms with Crippen molar-refractivity contribution in [2.24, 2.45) is 5.92 Å². The maximum Gasteiger partial charge on any atom is 0.354 e. The number of rotatable bonds is 7. The van der Waals surface area contributed by atoms with Crippen molar-refractivity contribution in [2.45, 2.75) is 59.4 Å². The van der Waals surface area contributed by atoms with E-state index in [9.17, 15) is 9.59 Å². The van der Waals surface area contributed by atoms with Gasteiger partial charge in [0.05, 0.1) is 13.7 Å². The minimum atomic E-state index is -0.383. The smallest absolute Gasteiger partial charge is 0.354 e. The van der Waals surface area contributed by atoms with Crippen LogP contribution in [0.5, 0.6) is 0 Å². The monoisotopic (exact) mass is 334 g/mol. The predicted octanol–water partition coefficient (Wildman–Crippen LogP) is 3.26. The molecule has 0 spiro atoms. The predicted molar refractivity (Wildman–Crippen MR) is 94.7 cm³/mol. The molecule has 1 aromatic heterocycles. The van der Waals surface area contributed by atoms with Crippen LogP contribution in [0.3, 0.4) is 0 Å². The number of carbonyl (C=O) groups is 2. The van der Waals surface area contributed by atoms with Gasteiger partial charge in [-0.25, -0.2) is 4.79 Å². The van der Waals surface area contributed by atoms with Gasteiger partial charge in [0, 0.05) is 17.8 Å². The van der Waals surface area contributed by atoms with E-state index in [0.29, 0.717) is 30.3 Å². The first-order valence-electron chi connectivity index (χ1n) is 9.03. The molecule has 24 heavy (non-hydrogen) atoms. The van der Waals surface area contributed by atoms with E-state index in [4.69, 9.17) is 4.74 Å². The van der Waals surface area contributed by atoms with E-state index in [1.807, 2.05) is 25.3 Å². The molecule has 5 heteroatoms. The van der Waals surface area contributed by atoms with Gasteiger partial charge in [-0.3, -0.25) is 4.79 Å². The topological polar surface area (TPSA) is 60.3 Å². The number of ether oxygens (including phenoxy) is 1. The minimum Gasteiger partial charge on any atom is -0.464 e. The molecule has 2 rings (SSSR count). The Morgan fingerprint density at radius 3 is 2.46 bits per heavy atom. The number of ketones is 1. The zero-order valence-electron chi connectivity index (χ0n) is 15.4. The normalized spacial score (nSPS) is 15.5. The van der Waals surface area contributed by atoms with Crippen LogP contribution in [0, 0.1) is 19.8 Å². The molecular formula is C19H30N2O3. The van der Waals surface area contributed by atoms with Gasteiger partial charge in [-0.1, -0.05) is 19.3 Å². The molecule has 1 fully saturated rings. The largest absolute Gasteiger partial charge is 0.464 e. The van der Waals surface area contributed by atoms with Crippen molar-refractivity contribution >= 4 is 11.8 Å². The molecule has 5 nitrogen and oxygen atoms in total. The van der Waals surface area contributed by atoms with Gasteiger partial charge in [-0.15, -0.1) is 0 Å². The Kier molecular flexibility index (Phi) is 6.60. The molecule has 0 radical (unpaired) electrons. The van der Waals surface area contributed by atoms with Crippen molar-refractivity contribution in [1.29, 1.82) is 0 Å². The second-order valence-electron chi connectivity index (χ2n) is 6.73. The minimum absolute atomic E-state index is 0.0539. The van der Waals surface area contributed by atoms with Crippen LogP contribution in [-0.4, -0.2) is 36.5 Å². The molecule has 134 valence electrons. The number of aromatic nitrogens is 1. The molecule has 0 unspecified atom stereocenters. The van der Waals surface area contributed by atoms with E-state index in [0.717, 1.165) is 17.8 Å². The average molecular weight is 334 g/mol. The van der Waals surface area contributed by atoms with Gasteiger partial charge >= 0.3 is 5.97 Å². The van der Waals surface area contributed by atoms with Gasteiger partial charge in [-0.05, 0) is 51.6 Å². The van der Waals surface area contributed by atoms with Gasteiger partial charge in [0.15, 0.2) is 5.78 Å². The molecule has 1 aliphatic rings. The zero-order valence-corrected chi connectivity index (χ0v) is 15.4. The van der Waals surface area contributed by atoms with Crippen molar-refractivity contribution in [3.8, 4) is 0 Å². The molecule has 0 atom stereocenters. The Balaban J connectivity index is 2.08. The lowest BCUT2D eigenvalue weighted by Crippen LogP contribution is -2.29. The van der Waals surface area contributed by atoms with Crippen molar-refractivity contribution in [3.05, 3.63) is 22.5 Å². The molecule has 0 bridgehead atoms. The van der Waals surface area contributed by atoms with Crippen LogP contribution in [0.4, 0.5) is 0 Å². The highest BCUT2D eigenvalue weighted by Crippen LogP contribution is 2.24. The van der Waals surface area contributed by atoms with Crippen molar-refractivity contribution in [1.82, 2.24) is 9.88 Å². The molecule has 1 N–H and O–H groups in total. The first kappa shape index (κ1) is 18.7. The van der Waals surface area contributed by atoms with Gasteiger partial charge in [0.1, 0.15) is 5.69 Å². The maximum atomic E-state index is 12.7. The zero-order chi connectivity index (χ0) is 17.7. The van der Waals surface area contributed by atoms with Gasteiger partial charge in [0.25, 0.3) is 0 Å². The fourth-order valence-corrected chi connectivity index (χ4v) is 3.93. The van der Waals surface area contributed by atoms with Crippen LogP contribution in [0.15, 0.2) is 0 Å². The van der Waals surface area contributed by atoms with Crippen LogP contribution < -0.4 is 5.32 Å². The second-order valence-corrected chi connectivity index (χ2v) is 6.73. The van der Waals surface area contributed by atoms with Crippen LogP contribution in [-0.2, 0) is 11.3 Å². The Morgan fingerprint density at radius 2 is 1.88 bits per heavy atom. The lowest BCUT2D eigenvalue weighted by Gasteiger charge is -2.21. The number of carbonyl (C=O) groups excluding carboxylic acids is 2. The van der Waals surface area contributed by atoms with E-state index >= 15 is 0 Å². The van der Waals surface area contributed by atoms with E-state index < -0.39 is 0 Å². The lowest BCUT2D eigenvalue weighted by atomic mass is 9.89. The van der Waals surface area contributed by atoms with E-state index in [-0.39, 0.29) is 11.8 Å². The van der Waals surface area contributed by atoms with E-state index in [1.165, 1.54) is 39.2 Å². The molecule has 1 heterocycles. The SMILES string of the molecule is CCn1c(C)c(C(=O)CNCC2CCCCC2)c(C)c1C(=O)OC. The van der Waals surface area contributed by atoms with Crippen LogP contribution >= 0.6 is 0 Å². The number of methoxy groups -OCH3 is 1. The van der Waals surface area contributed by atoms with Gasteiger partial charge < -0.3 is 14.6 Å².